The summed E-state index contributed by atoms with van der Waals surface area (Å²) in [4.78, 5) is 4.37. The largest absolute Gasteiger partial charge is 0.396 e. The van der Waals surface area contributed by atoms with Crippen LogP contribution in [0.5, 0.6) is 0 Å². The van der Waals surface area contributed by atoms with E-state index >= 15 is 0 Å². The highest BCUT2D eigenvalue weighted by atomic mass is 32.2. The van der Waals surface area contributed by atoms with Crippen molar-refractivity contribution in [3.63, 3.8) is 0 Å². The van der Waals surface area contributed by atoms with Crippen molar-refractivity contribution in [3.05, 3.63) is 46.4 Å². The van der Waals surface area contributed by atoms with E-state index in [4.69, 9.17) is 5.11 Å². The zero-order chi connectivity index (χ0) is 15.1. The number of hydrogen-bond acceptors (Lipinski definition) is 5. The number of hydrogen-bond donors (Lipinski definition) is 2. The molecule has 2 aromatic rings. The molecule has 0 amide bonds. The summed E-state index contributed by atoms with van der Waals surface area (Å²) in [6.45, 7) is 0.469. The summed E-state index contributed by atoms with van der Waals surface area (Å²) in [6, 6.07) is 6.76. The molecule has 0 bridgehead atoms. The van der Waals surface area contributed by atoms with E-state index in [1.807, 2.05) is 5.38 Å². The van der Waals surface area contributed by atoms with E-state index in [9.17, 15) is 8.42 Å². The lowest BCUT2D eigenvalue weighted by atomic mass is 10.1. The molecule has 1 aromatic heterocycles. The number of aliphatic hydroxyl groups excluding tert-OH is 1. The minimum Gasteiger partial charge on any atom is -0.396 e. The molecule has 2 rings (SSSR count). The highest BCUT2D eigenvalue weighted by Gasteiger charge is 2.13. The average Bonchev–Trinajstić information content (AvgIpc) is 2.98. The highest BCUT2D eigenvalue weighted by Crippen LogP contribution is 2.12. The van der Waals surface area contributed by atoms with Gasteiger partial charge in [0, 0.05) is 25.0 Å². The molecule has 0 aliphatic rings. The predicted octanol–water partition coefficient (Wildman–Crippen LogP) is 1.59. The molecule has 0 saturated heterocycles. The zero-order valence-electron chi connectivity index (χ0n) is 11.5. The van der Waals surface area contributed by atoms with Crippen molar-refractivity contribution in [1.29, 1.82) is 0 Å². The fourth-order valence-corrected chi connectivity index (χ4v) is 3.50. The number of rotatable bonds is 8. The van der Waals surface area contributed by atoms with Crippen LogP contribution in [-0.2, 0) is 22.9 Å². The Balaban J connectivity index is 1.92. The third-order valence-electron chi connectivity index (χ3n) is 3.01. The highest BCUT2D eigenvalue weighted by molar-refractivity contribution is 7.89. The molecule has 21 heavy (non-hydrogen) atoms. The Morgan fingerprint density at radius 2 is 1.95 bits per heavy atom. The smallest absolute Gasteiger partial charge is 0.240 e. The van der Waals surface area contributed by atoms with Crippen molar-refractivity contribution in [2.45, 2.75) is 24.2 Å². The van der Waals surface area contributed by atoms with Gasteiger partial charge < -0.3 is 5.11 Å². The van der Waals surface area contributed by atoms with E-state index < -0.39 is 10.0 Å². The molecular formula is C14H18N2O3S2. The summed E-state index contributed by atoms with van der Waals surface area (Å²) in [5, 5.41) is 10.7. The molecule has 7 heteroatoms. The van der Waals surface area contributed by atoms with Crippen molar-refractivity contribution in [2.24, 2.45) is 0 Å². The molecule has 2 N–H and O–H groups in total. The second-order valence-electron chi connectivity index (χ2n) is 4.60. The summed E-state index contributed by atoms with van der Waals surface area (Å²) in [5.41, 5.74) is 3.64. The molecule has 1 aromatic carbocycles. The maximum atomic E-state index is 12.1. The first-order chi connectivity index (χ1) is 10.1. The first-order valence-electron chi connectivity index (χ1n) is 6.68. The average molecular weight is 326 g/mol. The Bertz CT molecular complexity index is 637. The van der Waals surface area contributed by atoms with Gasteiger partial charge in [-0.05, 0) is 30.5 Å². The van der Waals surface area contributed by atoms with Gasteiger partial charge in [-0.15, -0.1) is 11.3 Å². The van der Waals surface area contributed by atoms with Crippen LogP contribution in [0.1, 0.15) is 17.7 Å². The van der Waals surface area contributed by atoms with Crippen molar-refractivity contribution >= 4 is 21.4 Å². The lowest BCUT2D eigenvalue weighted by Gasteiger charge is -2.07. The third-order valence-corrected chi connectivity index (χ3v) is 5.13. The van der Waals surface area contributed by atoms with Gasteiger partial charge in [0.05, 0.1) is 16.1 Å². The van der Waals surface area contributed by atoms with Crippen LogP contribution < -0.4 is 4.72 Å². The summed E-state index contributed by atoms with van der Waals surface area (Å²) in [7, 11) is -3.47. The van der Waals surface area contributed by atoms with E-state index in [0.29, 0.717) is 19.4 Å². The number of thiazole rings is 1. The monoisotopic (exact) mass is 326 g/mol. The number of sulfonamides is 1. The Kier molecular flexibility index (Phi) is 5.86. The molecular weight excluding hydrogens is 308 g/mol. The second-order valence-corrected chi connectivity index (χ2v) is 7.08. The lowest BCUT2D eigenvalue weighted by Crippen LogP contribution is -2.26. The maximum absolute atomic E-state index is 12.1. The zero-order valence-corrected chi connectivity index (χ0v) is 13.2. The van der Waals surface area contributed by atoms with Crippen molar-refractivity contribution < 1.29 is 13.5 Å². The number of aliphatic hydroxyl groups is 1. The standard InChI is InChI=1S/C14H18N2O3S2/c17-9-1-2-12-3-5-14(6-4-12)21(18,19)16-8-7-13-10-20-11-15-13/h3-6,10-11,16-17H,1-2,7-9H2. The summed E-state index contributed by atoms with van der Waals surface area (Å²) >= 11 is 1.50. The van der Waals surface area contributed by atoms with Gasteiger partial charge >= 0.3 is 0 Å². The summed E-state index contributed by atoms with van der Waals surface area (Å²) < 4.78 is 26.8. The van der Waals surface area contributed by atoms with Crippen LogP contribution in [-0.4, -0.2) is 31.7 Å². The first-order valence-corrected chi connectivity index (χ1v) is 9.11. The summed E-state index contributed by atoms with van der Waals surface area (Å²) in [5.74, 6) is 0. The minimum absolute atomic E-state index is 0.137. The Hall–Kier alpha value is -1.28. The van der Waals surface area contributed by atoms with Gasteiger partial charge in [0.2, 0.25) is 10.0 Å². The minimum atomic E-state index is -3.47. The Morgan fingerprint density at radius 1 is 1.19 bits per heavy atom. The first kappa shape index (κ1) is 16.1. The van der Waals surface area contributed by atoms with Crippen LogP contribution in [0, 0.1) is 0 Å². The Morgan fingerprint density at radius 3 is 2.57 bits per heavy atom. The van der Waals surface area contributed by atoms with Crippen LogP contribution in [0.4, 0.5) is 0 Å². The van der Waals surface area contributed by atoms with E-state index in [1.54, 1.807) is 29.8 Å². The van der Waals surface area contributed by atoms with Crippen LogP contribution >= 0.6 is 11.3 Å². The quantitative estimate of drug-likeness (QED) is 0.772. The van der Waals surface area contributed by atoms with Gasteiger partial charge in [-0.25, -0.2) is 18.1 Å². The number of aromatic nitrogens is 1. The second kappa shape index (κ2) is 7.65. The van der Waals surface area contributed by atoms with Crippen LogP contribution in [0.25, 0.3) is 0 Å². The number of aryl methyl sites for hydroxylation is 1. The number of benzene rings is 1. The number of nitrogens with zero attached hydrogens (tertiary/aromatic N) is 1. The molecule has 0 atom stereocenters. The van der Waals surface area contributed by atoms with E-state index in [0.717, 1.165) is 17.7 Å². The van der Waals surface area contributed by atoms with Crippen molar-refractivity contribution in [1.82, 2.24) is 9.71 Å². The normalized spacial score (nSPS) is 11.7. The van der Waals surface area contributed by atoms with Crippen molar-refractivity contribution in [3.8, 4) is 0 Å². The van der Waals surface area contributed by atoms with Gasteiger partial charge in [-0.3, -0.25) is 0 Å². The molecule has 5 nitrogen and oxygen atoms in total. The summed E-state index contributed by atoms with van der Waals surface area (Å²) in [6.07, 6.45) is 2.00. The Labute approximate surface area is 128 Å². The van der Waals surface area contributed by atoms with E-state index in [1.165, 1.54) is 11.3 Å². The molecule has 0 radical (unpaired) electrons. The van der Waals surface area contributed by atoms with Crippen molar-refractivity contribution in [2.75, 3.05) is 13.2 Å². The maximum Gasteiger partial charge on any atom is 0.240 e. The third kappa shape index (κ3) is 4.89. The molecule has 0 fully saturated rings. The van der Waals surface area contributed by atoms with Crippen LogP contribution in [0.15, 0.2) is 40.1 Å². The van der Waals surface area contributed by atoms with Crippen LogP contribution in [0.2, 0.25) is 0 Å². The molecule has 0 spiro atoms. The molecule has 1 heterocycles. The SMILES string of the molecule is O=S(=O)(NCCc1cscn1)c1ccc(CCCO)cc1. The molecule has 0 aliphatic carbocycles. The number of nitrogens with one attached hydrogen (secondary N) is 1. The molecule has 0 saturated carbocycles. The van der Waals surface area contributed by atoms with Gasteiger partial charge in [0.25, 0.3) is 0 Å². The van der Waals surface area contributed by atoms with E-state index in [2.05, 4.69) is 9.71 Å². The topological polar surface area (TPSA) is 79.3 Å². The van der Waals surface area contributed by atoms with Gasteiger partial charge in [0.1, 0.15) is 0 Å². The van der Waals surface area contributed by atoms with Gasteiger partial charge in [-0.2, -0.15) is 0 Å². The van der Waals surface area contributed by atoms with Gasteiger partial charge in [-0.1, -0.05) is 12.1 Å². The molecule has 0 aliphatic heterocycles. The lowest BCUT2D eigenvalue weighted by molar-refractivity contribution is 0.288. The molecule has 114 valence electrons. The fraction of sp³-hybridized carbons (Fsp3) is 0.357. The van der Waals surface area contributed by atoms with Gasteiger partial charge in [0.15, 0.2) is 0 Å². The predicted molar refractivity (Wildman–Crippen MR) is 82.9 cm³/mol. The van der Waals surface area contributed by atoms with E-state index in [-0.39, 0.29) is 11.5 Å². The fourth-order valence-electron chi connectivity index (χ4n) is 1.88. The molecule has 0 unspecified atom stereocenters. The van der Waals surface area contributed by atoms with Crippen LogP contribution in [0.3, 0.4) is 0 Å².